The van der Waals surface area contributed by atoms with E-state index < -0.39 is 5.97 Å². The van der Waals surface area contributed by atoms with Gasteiger partial charge in [-0.3, -0.25) is 9.78 Å². The van der Waals surface area contributed by atoms with Gasteiger partial charge >= 0.3 is 5.97 Å². The molecule has 0 amide bonds. The highest BCUT2D eigenvalue weighted by Gasteiger charge is 2.12. The molecule has 7 heteroatoms. The van der Waals surface area contributed by atoms with Gasteiger partial charge in [-0.2, -0.15) is 0 Å². The number of rotatable bonds is 8. The SMILES string of the molecule is COCCCCn1c(SCC(=O)O)nc2cnccc21. The van der Waals surface area contributed by atoms with Crippen molar-refractivity contribution in [2.75, 3.05) is 19.5 Å². The number of unbranched alkanes of at least 4 members (excludes halogenated alkanes) is 1. The van der Waals surface area contributed by atoms with E-state index in [9.17, 15) is 4.79 Å². The van der Waals surface area contributed by atoms with E-state index in [1.165, 1.54) is 11.8 Å². The summed E-state index contributed by atoms with van der Waals surface area (Å²) in [7, 11) is 1.69. The zero-order valence-electron chi connectivity index (χ0n) is 11.3. The Morgan fingerprint density at radius 1 is 1.50 bits per heavy atom. The molecule has 1 N–H and O–H groups in total. The van der Waals surface area contributed by atoms with Gasteiger partial charge in [-0.25, -0.2) is 4.98 Å². The van der Waals surface area contributed by atoms with Gasteiger partial charge in [0.15, 0.2) is 5.16 Å². The summed E-state index contributed by atoms with van der Waals surface area (Å²) in [6, 6.07) is 1.91. The Hall–Kier alpha value is -1.60. The predicted molar refractivity (Wildman–Crippen MR) is 77.0 cm³/mol. The molecule has 2 aromatic rings. The summed E-state index contributed by atoms with van der Waals surface area (Å²) >= 11 is 1.24. The molecule has 0 aromatic carbocycles. The van der Waals surface area contributed by atoms with Crippen LogP contribution >= 0.6 is 11.8 Å². The van der Waals surface area contributed by atoms with E-state index in [1.54, 1.807) is 19.5 Å². The van der Waals surface area contributed by atoms with Gasteiger partial charge in [0.2, 0.25) is 0 Å². The lowest BCUT2D eigenvalue weighted by Gasteiger charge is -2.07. The summed E-state index contributed by atoms with van der Waals surface area (Å²) in [6.45, 7) is 1.53. The number of imidazole rings is 1. The molecule has 0 spiro atoms. The molecule has 0 radical (unpaired) electrons. The van der Waals surface area contributed by atoms with Gasteiger partial charge in [0.05, 0.1) is 17.5 Å². The summed E-state index contributed by atoms with van der Waals surface area (Å²) in [6.07, 6.45) is 5.35. The number of thioether (sulfide) groups is 1. The molecule has 0 aliphatic rings. The van der Waals surface area contributed by atoms with Crippen molar-refractivity contribution >= 4 is 28.8 Å². The van der Waals surface area contributed by atoms with Gasteiger partial charge in [0.1, 0.15) is 5.52 Å². The molecule has 0 aliphatic heterocycles. The van der Waals surface area contributed by atoms with E-state index in [0.717, 1.165) is 42.2 Å². The third-order valence-electron chi connectivity index (χ3n) is 2.82. The maximum absolute atomic E-state index is 10.7. The van der Waals surface area contributed by atoms with E-state index in [1.807, 2.05) is 6.07 Å². The van der Waals surface area contributed by atoms with Gasteiger partial charge in [0, 0.05) is 26.5 Å². The van der Waals surface area contributed by atoms with E-state index in [2.05, 4.69) is 14.5 Å². The Labute approximate surface area is 121 Å². The zero-order chi connectivity index (χ0) is 14.4. The molecule has 0 atom stereocenters. The Morgan fingerprint density at radius 3 is 3.10 bits per heavy atom. The van der Waals surface area contributed by atoms with Gasteiger partial charge in [-0.05, 0) is 18.9 Å². The maximum atomic E-state index is 10.7. The zero-order valence-corrected chi connectivity index (χ0v) is 12.1. The number of carbonyl (C=O) groups is 1. The van der Waals surface area contributed by atoms with Crippen molar-refractivity contribution in [1.29, 1.82) is 0 Å². The number of fused-ring (bicyclic) bond motifs is 1. The monoisotopic (exact) mass is 295 g/mol. The number of nitrogens with zero attached hydrogens (tertiary/aromatic N) is 3. The molecule has 20 heavy (non-hydrogen) atoms. The fourth-order valence-corrected chi connectivity index (χ4v) is 2.69. The first-order valence-corrected chi connectivity index (χ1v) is 7.34. The standard InChI is InChI=1S/C13H17N3O3S/c1-19-7-3-2-6-16-11-4-5-14-8-10(11)15-13(16)20-9-12(17)18/h4-5,8H,2-3,6-7,9H2,1H3,(H,17,18). The van der Waals surface area contributed by atoms with E-state index in [-0.39, 0.29) is 5.75 Å². The number of carboxylic acids is 1. The average Bonchev–Trinajstić information content (AvgIpc) is 2.79. The maximum Gasteiger partial charge on any atom is 0.313 e. The van der Waals surface area contributed by atoms with Crippen LogP contribution in [0.5, 0.6) is 0 Å². The van der Waals surface area contributed by atoms with Gasteiger partial charge < -0.3 is 14.4 Å². The minimum atomic E-state index is -0.842. The number of carboxylic acid groups (broad SMARTS) is 1. The number of hydrogen-bond donors (Lipinski definition) is 1. The van der Waals surface area contributed by atoms with Crippen LogP contribution in [-0.2, 0) is 16.1 Å². The van der Waals surface area contributed by atoms with Crippen molar-refractivity contribution in [3.05, 3.63) is 18.5 Å². The Bertz CT molecular complexity index is 585. The summed E-state index contributed by atoms with van der Waals surface area (Å²) in [5, 5.41) is 9.53. The molecule has 108 valence electrons. The fourth-order valence-electron chi connectivity index (χ4n) is 1.93. The Balaban J connectivity index is 2.18. The van der Waals surface area contributed by atoms with Crippen molar-refractivity contribution in [3.8, 4) is 0 Å². The number of ether oxygens (including phenoxy) is 1. The van der Waals surface area contributed by atoms with Crippen LogP contribution in [0.1, 0.15) is 12.8 Å². The number of aryl methyl sites for hydroxylation is 1. The van der Waals surface area contributed by atoms with Crippen molar-refractivity contribution in [2.24, 2.45) is 0 Å². The lowest BCUT2D eigenvalue weighted by molar-refractivity contribution is -0.133. The summed E-state index contributed by atoms with van der Waals surface area (Å²) < 4.78 is 7.10. The van der Waals surface area contributed by atoms with Crippen LogP contribution in [0, 0.1) is 0 Å². The molecule has 0 saturated carbocycles. The average molecular weight is 295 g/mol. The highest BCUT2D eigenvalue weighted by atomic mass is 32.2. The third kappa shape index (κ3) is 3.71. The molecule has 2 aromatic heterocycles. The number of aromatic nitrogens is 3. The number of hydrogen-bond acceptors (Lipinski definition) is 5. The fraction of sp³-hybridized carbons (Fsp3) is 0.462. The Morgan fingerprint density at radius 2 is 2.35 bits per heavy atom. The second kappa shape index (κ2) is 7.25. The minimum absolute atomic E-state index is 0.00875. The molecular weight excluding hydrogens is 278 g/mol. The molecular formula is C13H17N3O3S. The van der Waals surface area contributed by atoms with E-state index >= 15 is 0 Å². The van der Waals surface area contributed by atoms with Crippen LogP contribution in [0.25, 0.3) is 11.0 Å². The largest absolute Gasteiger partial charge is 0.481 e. The highest BCUT2D eigenvalue weighted by molar-refractivity contribution is 7.99. The van der Waals surface area contributed by atoms with Crippen molar-refractivity contribution in [3.63, 3.8) is 0 Å². The summed E-state index contributed by atoms with van der Waals surface area (Å²) in [4.78, 5) is 19.2. The minimum Gasteiger partial charge on any atom is -0.481 e. The molecule has 0 bridgehead atoms. The molecule has 0 unspecified atom stereocenters. The first-order chi connectivity index (χ1) is 9.72. The molecule has 0 saturated heterocycles. The van der Waals surface area contributed by atoms with Crippen LogP contribution in [0.15, 0.2) is 23.6 Å². The predicted octanol–water partition coefficient (Wildman–Crippen LogP) is 2.03. The number of pyridine rings is 1. The summed E-state index contributed by atoms with van der Waals surface area (Å²) in [5.41, 5.74) is 1.79. The second-order valence-electron chi connectivity index (χ2n) is 4.29. The van der Waals surface area contributed by atoms with Crippen molar-refractivity contribution in [2.45, 2.75) is 24.5 Å². The summed E-state index contributed by atoms with van der Waals surface area (Å²) in [5.74, 6) is -0.833. The number of methoxy groups -OCH3 is 1. The van der Waals surface area contributed by atoms with Crippen LogP contribution in [0.4, 0.5) is 0 Å². The quantitative estimate of drug-likeness (QED) is 0.593. The first kappa shape index (κ1) is 14.8. The van der Waals surface area contributed by atoms with Crippen LogP contribution in [0.2, 0.25) is 0 Å². The van der Waals surface area contributed by atoms with Gasteiger partial charge in [0.25, 0.3) is 0 Å². The molecule has 2 heterocycles. The topological polar surface area (TPSA) is 77.2 Å². The normalized spacial score (nSPS) is 11.1. The lowest BCUT2D eigenvalue weighted by atomic mass is 10.3. The van der Waals surface area contributed by atoms with Gasteiger partial charge in [-0.1, -0.05) is 11.8 Å². The molecule has 2 rings (SSSR count). The van der Waals surface area contributed by atoms with Crippen LogP contribution < -0.4 is 0 Å². The number of aliphatic carboxylic acids is 1. The molecule has 6 nitrogen and oxygen atoms in total. The highest BCUT2D eigenvalue weighted by Crippen LogP contribution is 2.24. The first-order valence-electron chi connectivity index (χ1n) is 6.36. The Kier molecular flexibility index (Phi) is 5.37. The van der Waals surface area contributed by atoms with Crippen LogP contribution in [0.3, 0.4) is 0 Å². The van der Waals surface area contributed by atoms with Crippen molar-refractivity contribution in [1.82, 2.24) is 14.5 Å². The van der Waals surface area contributed by atoms with Crippen LogP contribution in [-0.4, -0.2) is 45.1 Å². The third-order valence-corrected chi connectivity index (χ3v) is 3.78. The lowest BCUT2D eigenvalue weighted by Crippen LogP contribution is -2.04. The molecule has 0 fully saturated rings. The smallest absolute Gasteiger partial charge is 0.313 e. The van der Waals surface area contributed by atoms with E-state index in [4.69, 9.17) is 9.84 Å². The van der Waals surface area contributed by atoms with Gasteiger partial charge in [-0.15, -0.1) is 0 Å². The molecule has 0 aliphatic carbocycles. The van der Waals surface area contributed by atoms with E-state index in [0.29, 0.717) is 0 Å². The van der Waals surface area contributed by atoms with Crippen molar-refractivity contribution < 1.29 is 14.6 Å². The second-order valence-corrected chi connectivity index (χ2v) is 5.24.